The van der Waals surface area contributed by atoms with Crippen molar-refractivity contribution in [3.63, 3.8) is 0 Å². The maximum Gasteiger partial charge on any atom is 0.326 e. The first-order valence-electron chi connectivity index (χ1n) is 31.1. The van der Waals surface area contributed by atoms with Gasteiger partial charge in [-0.1, -0.05) is 89.2 Å². The molecule has 29 heteroatoms. The number of H-pyrrole nitrogens is 1. The van der Waals surface area contributed by atoms with E-state index in [9.17, 15) is 76.5 Å². The summed E-state index contributed by atoms with van der Waals surface area (Å²) in [4.78, 5) is 133. The molecular formula is C59H102N8O20S. The number of nitrogens with one attached hydrogen (secondary N) is 5. The molecule has 8 N–H and O–H groups in total. The smallest absolute Gasteiger partial charge is 0.326 e. The van der Waals surface area contributed by atoms with Crippen LogP contribution < -0.4 is 21.3 Å². The van der Waals surface area contributed by atoms with E-state index in [1.807, 2.05) is 6.92 Å². The lowest BCUT2D eigenvalue weighted by molar-refractivity contribution is -0.145. The van der Waals surface area contributed by atoms with Crippen LogP contribution in [-0.2, 0) is 87.9 Å². The molecule has 0 aliphatic rings. The van der Waals surface area contributed by atoms with Crippen molar-refractivity contribution in [2.24, 2.45) is 11.8 Å². The maximum absolute atomic E-state index is 12.6. The Morgan fingerprint density at radius 2 is 1.10 bits per heavy atom. The fourth-order valence-corrected chi connectivity index (χ4v) is 10.3. The Hall–Kier alpha value is -6.01. The number of unbranched alkanes of at least 4 members (excludes halogenated alkanes) is 13. The minimum absolute atomic E-state index is 0. The van der Waals surface area contributed by atoms with Crippen molar-refractivity contribution in [3.8, 4) is 0 Å². The van der Waals surface area contributed by atoms with Crippen LogP contribution in [-0.4, -0.2) is 205 Å². The molecule has 0 aliphatic carbocycles. The highest BCUT2D eigenvalue weighted by Crippen LogP contribution is 2.17. The second kappa shape index (κ2) is 50.8. The van der Waals surface area contributed by atoms with Crippen LogP contribution in [0.15, 0.2) is 0 Å². The lowest BCUT2D eigenvalue weighted by Gasteiger charge is -2.15. The summed E-state index contributed by atoms with van der Waals surface area (Å²) in [6.07, 6.45) is 15.7. The standard InChI is InChI=1S/C59H100N8O20S.H2/c1-44(45(2)68)20-16-17-29-60-55(74)40-62-52(59(80)81)39-48(70)26-25-46(57(76)77)38-50(72)41-86-35-34-85-32-30-61-56(75)42-87-36-33-84-31-18-22-47(69)27-28-51(58(78)79)63-54(73)24-19-37-88(82,83)43-49(71)21-14-12-10-8-6-4-3-5-7-9-11-13-15-23-53-64-66-67-65-53;/h44,46,51-52,62H,3-43H2,1-2H3,(H,60,74)(H,61,75)(H,63,73)(H,76,77)(H,78,79)(H,80,81)(H,64,65,66,67);1H/t44-,46+,51-,52+;/m0./s1. The molecule has 28 nitrogen and oxygen atoms in total. The molecule has 504 valence electrons. The SMILES string of the molecule is CC(=O)[C@@H](C)CCCCNC(=O)CN[C@H](CC(=O)CC[C@H](CC(=O)COCCOCCNC(=O)COCCOCCCC(=O)CC[C@H](NC(=O)CCCS(=O)(=O)CC(=O)CCCCCCCCCCCCCCCc1nn[nH]n1)C(=O)O)C(=O)O)C(=O)O.[HH]. The quantitative estimate of drug-likeness (QED) is 0.0426. The van der Waals surface area contributed by atoms with Crippen molar-refractivity contribution in [1.29, 1.82) is 0 Å². The molecule has 0 fully saturated rings. The van der Waals surface area contributed by atoms with Crippen LogP contribution in [0.1, 0.15) is 194 Å². The second-order valence-corrected chi connectivity index (χ2v) is 24.4. The number of carboxylic acids is 3. The Labute approximate surface area is 518 Å². The number of nitrogens with zero attached hydrogens (tertiary/aromatic N) is 3. The number of aromatic amines is 1. The zero-order valence-corrected chi connectivity index (χ0v) is 52.6. The topological polar surface area (TPSA) is 422 Å². The highest BCUT2D eigenvalue weighted by molar-refractivity contribution is 7.92. The first kappa shape index (κ1) is 80.0. The molecule has 0 radical (unpaired) electrons. The number of aromatic nitrogens is 4. The Morgan fingerprint density at radius 3 is 1.72 bits per heavy atom. The van der Waals surface area contributed by atoms with Crippen molar-refractivity contribution < 1.29 is 96.9 Å². The molecule has 1 rings (SSSR count). The molecule has 4 atom stereocenters. The van der Waals surface area contributed by atoms with E-state index in [4.69, 9.17) is 18.9 Å². The van der Waals surface area contributed by atoms with Crippen LogP contribution in [0.5, 0.6) is 0 Å². The van der Waals surface area contributed by atoms with Crippen LogP contribution in [0.25, 0.3) is 0 Å². The minimum Gasteiger partial charge on any atom is -0.481 e. The predicted octanol–water partition coefficient (Wildman–Crippen LogP) is 4.05. The van der Waals surface area contributed by atoms with Crippen molar-refractivity contribution in [2.45, 2.75) is 206 Å². The van der Waals surface area contributed by atoms with Crippen LogP contribution in [0.3, 0.4) is 0 Å². The molecule has 0 spiro atoms. The summed E-state index contributed by atoms with van der Waals surface area (Å²) in [6.45, 7) is 3.35. The molecule has 1 aromatic rings. The molecule has 1 heterocycles. The molecule has 0 bridgehead atoms. The average molecular weight is 1280 g/mol. The van der Waals surface area contributed by atoms with Gasteiger partial charge in [0, 0.05) is 78.4 Å². The number of ketones is 5. The van der Waals surface area contributed by atoms with Gasteiger partial charge in [0.2, 0.25) is 17.7 Å². The Bertz CT molecular complexity index is 2330. The highest BCUT2D eigenvalue weighted by Gasteiger charge is 2.27. The third-order valence-electron chi connectivity index (χ3n) is 14.3. The van der Waals surface area contributed by atoms with Gasteiger partial charge in [-0.3, -0.25) is 53.3 Å². The summed E-state index contributed by atoms with van der Waals surface area (Å²) in [5.74, 6) is -8.68. The Kier molecular flexibility index (Phi) is 46.2. The zero-order valence-electron chi connectivity index (χ0n) is 51.8. The van der Waals surface area contributed by atoms with Crippen molar-refractivity contribution in [1.82, 2.24) is 41.9 Å². The number of sulfone groups is 1. The number of carbonyl (C=O) groups excluding carboxylic acids is 8. The van der Waals surface area contributed by atoms with Gasteiger partial charge in [0.1, 0.15) is 54.2 Å². The fourth-order valence-electron chi connectivity index (χ4n) is 8.95. The van der Waals surface area contributed by atoms with E-state index in [1.54, 1.807) is 0 Å². The van der Waals surface area contributed by atoms with Gasteiger partial charge in [0.25, 0.3) is 0 Å². The van der Waals surface area contributed by atoms with Crippen LogP contribution in [0, 0.1) is 11.8 Å². The monoisotopic (exact) mass is 1270 g/mol. The van der Waals surface area contributed by atoms with Gasteiger partial charge < -0.3 is 50.2 Å². The third kappa shape index (κ3) is 46.2. The fraction of sp³-hybridized carbons (Fsp3) is 0.797. The van der Waals surface area contributed by atoms with E-state index < -0.39 is 100 Å². The molecule has 0 aromatic carbocycles. The van der Waals surface area contributed by atoms with Crippen molar-refractivity contribution in [2.75, 3.05) is 84.0 Å². The van der Waals surface area contributed by atoms with E-state index in [1.165, 1.54) is 51.9 Å². The average Bonchev–Trinajstić information content (AvgIpc) is 4.08. The molecule has 3 amide bonds. The molecule has 0 saturated carbocycles. The van der Waals surface area contributed by atoms with Crippen molar-refractivity contribution >= 4 is 74.4 Å². The van der Waals surface area contributed by atoms with E-state index in [0.29, 0.717) is 32.2 Å². The number of hydrogen-bond donors (Lipinski definition) is 8. The van der Waals surface area contributed by atoms with E-state index >= 15 is 0 Å². The number of rotatable bonds is 62. The van der Waals surface area contributed by atoms with Crippen LogP contribution in [0.2, 0.25) is 0 Å². The number of aryl methyl sites for hydroxylation is 1. The number of aliphatic carboxylic acids is 3. The molecule has 0 saturated heterocycles. The van der Waals surface area contributed by atoms with Gasteiger partial charge in [-0.25, -0.2) is 13.2 Å². The second-order valence-electron chi connectivity index (χ2n) is 22.2. The summed E-state index contributed by atoms with van der Waals surface area (Å²) in [5.41, 5.74) is 0. The molecule has 0 aliphatic heterocycles. The number of ether oxygens (including phenoxy) is 4. The first-order chi connectivity index (χ1) is 42.1. The largest absolute Gasteiger partial charge is 0.481 e. The third-order valence-corrected chi connectivity index (χ3v) is 16.0. The van der Waals surface area contributed by atoms with E-state index in [0.717, 1.165) is 50.8 Å². The number of amides is 3. The van der Waals surface area contributed by atoms with Crippen molar-refractivity contribution in [3.05, 3.63) is 5.82 Å². The van der Waals surface area contributed by atoms with Gasteiger partial charge in [-0.05, 0) is 58.3 Å². The maximum atomic E-state index is 12.6. The minimum atomic E-state index is -3.74. The van der Waals surface area contributed by atoms with Gasteiger partial charge in [0.15, 0.2) is 21.4 Å². The van der Waals surface area contributed by atoms with Gasteiger partial charge in [-0.15, -0.1) is 10.2 Å². The predicted molar refractivity (Wildman–Crippen MR) is 323 cm³/mol. The summed E-state index contributed by atoms with van der Waals surface area (Å²) < 4.78 is 46.4. The molecule has 88 heavy (non-hydrogen) atoms. The highest BCUT2D eigenvalue weighted by atomic mass is 32.2. The summed E-state index contributed by atoms with van der Waals surface area (Å²) in [7, 11) is -3.74. The summed E-state index contributed by atoms with van der Waals surface area (Å²) >= 11 is 0. The van der Waals surface area contributed by atoms with Crippen LogP contribution >= 0.6 is 0 Å². The number of tetrazole rings is 1. The van der Waals surface area contributed by atoms with Gasteiger partial charge in [0.05, 0.1) is 51.2 Å². The normalized spacial score (nSPS) is 12.8. The molecular weight excluding hydrogens is 1170 g/mol. The lowest BCUT2D eigenvalue weighted by Crippen LogP contribution is -2.44. The van der Waals surface area contributed by atoms with Gasteiger partial charge >= 0.3 is 17.9 Å². The molecule has 1 aromatic heterocycles. The lowest BCUT2D eigenvalue weighted by atomic mass is 9.94. The molecule has 0 unspecified atom stereocenters. The number of hydrogen-bond acceptors (Lipinski definition) is 21. The van der Waals surface area contributed by atoms with Gasteiger partial charge in [-0.2, -0.15) is 5.21 Å². The summed E-state index contributed by atoms with van der Waals surface area (Å²) in [6, 6.07) is -2.73. The number of Topliss-reactive ketones (excluding diaryl/α,β-unsaturated/α-hetero) is 5. The Morgan fingerprint density at radius 1 is 0.523 bits per heavy atom. The Balaban J connectivity index is 0.0000774. The zero-order chi connectivity index (χ0) is 65.2. The van der Waals surface area contributed by atoms with E-state index in [2.05, 4.69) is 41.9 Å². The number of carboxylic acid groups (broad SMARTS) is 3. The van der Waals surface area contributed by atoms with E-state index in [-0.39, 0.29) is 141 Å². The first-order valence-corrected chi connectivity index (χ1v) is 33.0. The number of carbonyl (C=O) groups is 11. The summed E-state index contributed by atoms with van der Waals surface area (Å²) in [5, 5.41) is 52.8. The van der Waals surface area contributed by atoms with Crippen LogP contribution in [0.4, 0.5) is 0 Å².